The molecule has 0 fully saturated rings. The molecule has 0 radical (unpaired) electrons. The van der Waals surface area contributed by atoms with Crippen molar-refractivity contribution in [2.45, 2.75) is 27.2 Å². The van der Waals surface area contributed by atoms with E-state index in [4.69, 9.17) is 21.7 Å². The van der Waals surface area contributed by atoms with Gasteiger partial charge in [-0.2, -0.15) is 9.36 Å². The third-order valence-electron chi connectivity index (χ3n) is 4.54. The van der Waals surface area contributed by atoms with Crippen molar-refractivity contribution >= 4 is 29.0 Å². The van der Waals surface area contributed by atoms with Crippen LogP contribution in [0, 0.1) is 19.3 Å². The summed E-state index contributed by atoms with van der Waals surface area (Å²) in [5.74, 6) is 1.90. The molecule has 1 aromatic heterocycles. The monoisotopic (exact) mass is 414 g/mol. The van der Waals surface area contributed by atoms with E-state index in [-0.39, 0.29) is 0 Å². The van der Waals surface area contributed by atoms with Crippen LogP contribution in [0.5, 0.6) is 10.9 Å². The number of hydrogen-bond acceptors (Lipinski definition) is 5. The van der Waals surface area contributed by atoms with Gasteiger partial charge in [0.1, 0.15) is 11.6 Å². The highest BCUT2D eigenvalue weighted by Crippen LogP contribution is 2.30. The van der Waals surface area contributed by atoms with Crippen LogP contribution in [0.15, 0.2) is 36.4 Å². The minimum absolute atomic E-state index is 0.481. The average molecular weight is 415 g/mol. The number of rotatable bonds is 6. The predicted molar refractivity (Wildman–Crippen MR) is 115 cm³/mol. The summed E-state index contributed by atoms with van der Waals surface area (Å²) in [5, 5.41) is 9.64. The first kappa shape index (κ1) is 20.3. The van der Waals surface area contributed by atoms with Crippen molar-refractivity contribution < 1.29 is 4.74 Å². The fourth-order valence-corrected chi connectivity index (χ4v) is 3.46. The summed E-state index contributed by atoms with van der Waals surface area (Å²) in [6.45, 7) is 6.77. The van der Waals surface area contributed by atoms with Crippen molar-refractivity contribution in [1.82, 2.24) is 14.3 Å². The first-order valence-corrected chi connectivity index (χ1v) is 10.2. The van der Waals surface area contributed by atoms with Crippen LogP contribution in [0.1, 0.15) is 35.0 Å². The molecule has 0 saturated carbocycles. The van der Waals surface area contributed by atoms with E-state index in [0.717, 1.165) is 28.8 Å². The van der Waals surface area contributed by atoms with Crippen LogP contribution in [-0.4, -0.2) is 33.7 Å². The van der Waals surface area contributed by atoms with Gasteiger partial charge < -0.3 is 9.64 Å². The molecule has 5 nitrogen and oxygen atoms in total. The molecule has 28 heavy (non-hydrogen) atoms. The summed E-state index contributed by atoms with van der Waals surface area (Å²) in [6, 6.07) is 11.6. The quantitative estimate of drug-likeness (QED) is 0.429. The summed E-state index contributed by atoms with van der Waals surface area (Å²) in [4.78, 5) is 6.41. The second-order valence-electron chi connectivity index (χ2n) is 6.68. The third kappa shape index (κ3) is 4.69. The molecule has 0 bridgehead atoms. The highest BCUT2D eigenvalue weighted by molar-refractivity contribution is 7.07. The van der Waals surface area contributed by atoms with Crippen LogP contribution in [0.3, 0.4) is 0 Å². The van der Waals surface area contributed by atoms with E-state index in [9.17, 15) is 0 Å². The Morgan fingerprint density at radius 3 is 2.61 bits per heavy atom. The average Bonchev–Trinajstić information content (AvgIpc) is 3.11. The maximum Gasteiger partial charge on any atom is 0.298 e. The van der Waals surface area contributed by atoms with E-state index in [1.807, 2.05) is 69.1 Å². The fourth-order valence-electron chi connectivity index (χ4n) is 2.77. The van der Waals surface area contributed by atoms with E-state index in [1.54, 1.807) is 0 Å². The maximum atomic E-state index is 8.43. The molecule has 2 aromatic carbocycles. The lowest BCUT2D eigenvalue weighted by atomic mass is 10.0. The Morgan fingerprint density at radius 2 is 1.93 bits per heavy atom. The van der Waals surface area contributed by atoms with Crippen molar-refractivity contribution in [3.63, 3.8) is 0 Å². The van der Waals surface area contributed by atoms with Crippen molar-refractivity contribution in [3.05, 3.63) is 69.5 Å². The zero-order chi connectivity index (χ0) is 20.3. The summed E-state index contributed by atoms with van der Waals surface area (Å²) < 4.78 is 10.4. The van der Waals surface area contributed by atoms with Crippen LogP contribution >= 0.6 is 23.1 Å². The van der Waals surface area contributed by atoms with Gasteiger partial charge in [-0.3, -0.25) is 5.41 Å². The second-order valence-corrected chi connectivity index (χ2v) is 7.83. The minimum Gasteiger partial charge on any atom is -0.430 e. The largest absolute Gasteiger partial charge is 0.430 e. The molecule has 0 spiro atoms. The Bertz CT molecular complexity index is 985. The molecule has 0 unspecified atom stereocenters. The van der Waals surface area contributed by atoms with Gasteiger partial charge in [0.25, 0.3) is 5.19 Å². The van der Waals surface area contributed by atoms with Gasteiger partial charge in [0, 0.05) is 47.7 Å². The number of aromatic nitrogens is 2. The van der Waals surface area contributed by atoms with Crippen LogP contribution in [0.4, 0.5) is 0 Å². The summed E-state index contributed by atoms with van der Waals surface area (Å²) >= 11 is 7.17. The van der Waals surface area contributed by atoms with Crippen LogP contribution in [-0.2, 0) is 6.42 Å². The van der Waals surface area contributed by atoms with Crippen molar-refractivity contribution in [1.29, 1.82) is 5.41 Å². The lowest BCUT2D eigenvalue weighted by Crippen LogP contribution is -2.27. The molecule has 3 aromatic rings. The van der Waals surface area contributed by atoms with Gasteiger partial charge in [-0.15, -0.1) is 0 Å². The third-order valence-corrected chi connectivity index (χ3v) is 5.42. The second kappa shape index (κ2) is 8.71. The first-order chi connectivity index (χ1) is 13.4. The Balaban J connectivity index is 1.80. The Hall–Kier alpha value is -2.44. The number of hydrogen-bond donors (Lipinski definition) is 1. The van der Waals surface area contributed by atoms with Crippen molar-refractivity contribution in [3.8, 4) is 10.9 Å². The molecule has 146 valence electrons. The van der Waals surface area contributed by atoms with Crippen LogP contribution in [0.2, 0.25) is 5.02 Å². The Labute approximate surface area is 174 Å². The molecule has 0 aliphatic carbocycles. The molecule has 0 amide bonds. The number of amidine groups is 1. The number of nitrogens with one attached hydrogen (secondary N) is 1. The Kier molecular flexibility index (Phi) is 6.31. The first-order valence-electron chi connectivity index (χ1n) is 9.03. The van der Waals surface area contributed by atoms with Gasteiger partial charge >= 0.3 is 0 Å². The summed E-state index contributed by atoms with van der Waals surface area (Å²) in [6.07, 6.45) is 0.626. The highest BCUT2D eigenvalue weighted by atomic mass is 35.5. The molecule has 0 aliphatic heterocycles. The van der Waals surface area contributed by atoms with Gasteiger partial charge in [-0.25, -0.2) is 0 Å². The maximum absolute atomic E-state index is 8.43. The van der Waals surface area contributed by atoms with Gasteiger partial charge in [0.2, 0.25) is 0 Å². The molecular formula is C21H23ClN4OS. The van der Waals surface area contributed by atoms with Crippen LogP contribution < -0.4 is 4.74 Å². The van der Waals surface area contributed by atoms with Gasteiger partial charge in [-0.05, 0) is 56.2 Å². The Morgan fingerprint density at radius 1 is 1.21 bits per heavy atom. The number of halogens is 1. The normalized spacial score (nSPS) is 10.8. The van der Waals surface area contributed by atoms with E-state index in [2.05, 4.69) is 9.36 Å². The summed E-state index contributed by atoms with van der Waals surface area (Å²) in [5.41, 5.74) is 3.92. The lowest BCUT2D eigenvalue weighted by molar-refractivity contribution is 0.472. The van der Waals surface area contributed by atoms with Gasteiger partial charge in [0.05, 0.1) is 0 Å². The predicted octanol–water partition coefficient (Wildman–Crippen LogP) is 5.47. The molecule has 0 aliphatic rings. The smallest absolute Gasteiger partial charge is 0.298 e. The topological polar surface area (TPSA) is 62.1 Å². The molecule has 3 rings (SSSR count). The van der Waals surface area contributed by atoms with E-state index in [1.165, 1.54) is 11.5 Å². The van der Waals surface area contributed by atoms with Crippen molar-refractivity contribution in [2.24, 2.45) is 0 Å². The van der Waals surface area contributed by atoms with Gasteiger partial charge in [0.15, 0.2) is 5.82 Å². The number of benzene rings is 2. The number of ether oxygens (including phenoxy) is 1. The molecule has 1 N–H and O–H groups in total. The standard InChI is InChI=1S/C21H23ClN4OS/c1-5-26(4)20(23)17-10-13(2)11-18(14(17)3)27-21-24-19(25-28-21)12-15-6-8-16(22)9-7-15/h6-11,23H,5,12H2,1-4H3. The van der Waals surface area contributed by atoms with E-state index < -0.39 is 0 Å². The lowest BCUT2D eigenvalue weighted by Gasteiger charge is -2.20. The van der Waals surface area contributed by atoms with Crippen LogP contribution in [0.25, 0.3) is 0 Å². The fraction of sp³-hybridized carbons (Fsp3) is 0.286. The molecular weight excluding hydrogens is 392 g/mol. The number of nitrogens with zero attached hydrogens (tertiary/aromatic N) is 3. The SMILES string of the molecule is CCN(C)C(=N)c1cc(C)cc(Oc2nc(Cc3ccc(Cl)cc3)ns2)c1C. The molecule has 0 saturated heterocycles. The molecule has 1 heterocycles. The van der Waals surface area contributed by atoms with Gasteiger partial charge in [-0.1, -0.05) is 23.7 Å². The summed E-state index contributed by atoms with van der Waals surface area (Å²) in [7, 11) is 1.92. The van der Waals surface area contributed by atoms with E-state index >= 15 is 0 Å². The molecule has 0 atom stereocenters. The zero-order valence-electron chi connectivity index (χ0n) is 16.4. The number of aryl methyl sites for hydroxylation is 1. The van der Waals surface area contributed by atoms with Crippen molar-refractivity contribution in [2.75, 3.05) is 13.6 Å². The molecule has 7 heteroatoms. The van der Waals surface area contributed by atoms with E-state index in [0.29, 0.717) is 34.0 Å². The minimum atomic E-state index is 0.481. The highest BCUT2D eigenvalue weighted by Gasteiger charge is 2.16. The zero-order valence-corrected chi connectivity index (χ0v) is 18.0.